The predicted octanol–water partition coefficient (Wildman–Crippen LogP) is 3.78. The van der Waals surface area contributed by atoms with E-state index in [1.807, 2.05) is 31.5 Å². The Morgan fingerprint density at radius 3 is 2.94 bits per heavy atom. The summed E-state index contributed by atoms with van der Waals surface area (Å²) >= 11 is 3.21. The minimum Gasteiger partial charge on any atom is -0.298 e. The van der Waals surface area contributed by atoms with Gasteiger partial charge < -0.3 is 0 Å². The van der Waals surface area contributed by atoms with Crippen LogP contribution in [-0.2, 0) is 0 Å². The molecule has 3 aromatic heterocycles. The summed E-state index contributed by atoms with van der Waals surface area (Å²) in [6.07, 6.45) is 4.04. The second-order valence-electron chi connectivity index (χ2n) is 4.17. The summed E-state index contributed by atoms with van der Waals surface area (Å²) in [5, 5.41) is 0. The van der Waals surface area contributed by atoms with E-state index in [0.29, 0.717) is 0 Å². The largest absolute Gasteiger partial charge is 0.298 e. The molecule has 0 aliphatic rings. The topological polar surface area (TPSA) is 34.4 Å². The molecule has 5 heteroatoms. The lowest BCUT2D eigenvalue weighted by molar-refractivity contribution is 0.102. The molecule has 3 rings (SSSR count). The van der Waals surface area contributed by atoms with Crippen molar-refractivity contribution in [2.75, 3.05) is 6.26 Å². The number of thioether (sulfide) groups is 1. The standard InChI is InChI=1S/C13H12N2OS2/c1-7-5-4-6-15-10-9(14-12(7)15)11(8(2)16)18-13(10)17-3/h4-6H,1-3H3. The highest BCUT2D eigenvalue weighted by Crippen LogP contribution is 2.38. The predicted molar refractivity (Wildman–Crippen MR) is 77.1 cm³/mol. The van der Waals surface area contributed by atoms with Gasteiger partial charge in [0.25, 0.3) is 0 Å². The second-order valence-corrected chi connectivity index (χ2v) is 6.27. The summed E-state index contributed by atoms with van der Waals surface area (Å²) in [6.45, 7) is 3.64. The zero-order valence-corrected chi connectivity index (χ0v) is 12.0. The van der Waals surface area contributed by atoms with Gasteiger partial charge in [0.2, 0.25) is 0 Å². The lowest BCUT2D eigenvalue weighted by atomic mass is 10.3. The Morgan fingerprint density at radius 2 is 2.28 bits per heavy atom. The van der Waals surface area contributed by atoms with Gasteiger partial charge in [-0.1, -0.05) is 6.07 Å². The van der Waals surface area contributed by atoms with Gasteiger partial charge in [-0.05, 0) is 24.8 Å². The Hall–Kier alpha value is -1.33. The Bertz CT molecular complexity index is 770. The number of aromatic nitrogens is 2. The average molecular weight is 276 g/mol. The van der Waals surface area contributed by atoms with Gasteiger partial charge in [0.05, 0.1) is 14.6 Å². The first-order valence-electron chi connectivity index (χ1n) is 5.58. The number of ketones is 1. The highest BCUT2D eigenvalue weighted by atomic mass is 32.2. The van der Waals surface area contributed by atoms with E-state index in [1.165, 1.54) is 11.3 Å². The molecular formula is C13H12N2OS2. The van der Waals surface area contributed by atoms with Crippen molar-refractivity contribution >= 4 is 45.6 Å². The number of pyridine rings is 1. The minimum atomic E-state index is 0.0892. The molecule has 3 aromatic rings. The Balaban J connectivity index is 2.54. The van der Waals surface area contributed by atoms with Crippen LogP contribution in [0.3, 0.4) is 0 Å². The van der Waals surface area contributed by atoms with Gasteiger partial charge in [0, 0.05) is 13.1 Å². The van der Waals surface area contributed by atoms with Gasteiger partial charge in [-0.3, -0.25) is 9.20 Å². The summed E-state index contributed by atoms with van der Waals surface area (Å²) < 4.78 is 3.23. The molecule has 0 bridgehead atoms. The van der Waals surface area contributed by atoms with Crippen LogP contribution in [0.2, 0.25) is 0 Å². The van der Waals surface area contributed by atoms with Crippen molar-refractivity contribution in [1.29, 1.82) is 0 Å². The van der Waals surface area contributed by atoms with Gasteiger partial charge >= 0.3 is 0 Å². The normalized spacial score (nSPS) is 11.5. The summed E-state index contributed by atoms with van der Waals surface area (Å²) in [5.74, 6) is 0.0892. The molecule has 0 fully saturated rings. The molecule has 3 nitrogen and oxygen atoms in total. The first kappa shape index (κ1) is 11.7. The van der Waals surface area contributed by atoms with E-state index in [4.69, 9.17) is 0 Å². The minimum absolute atomic E-state index is 0.0892. The molecule has 0 aromatic carbocycles. The quantitative estimate of drug-likeness (QED) is 0.527. The number of hydrogen-bond donors (Lipinski definition) is 0. The van der Waals surface area contributed by atoms with Gasteiger partial charge in [0.1, 0.15) is 11.2 Å². The van der Waals surface area contributed by atoms with E-state index in [1.54, 1.807) is 18.7 Å². The zero-order chi connectivity index (χ0) is 12.9. The summed E-state index contributed by atoms with van der Waals surface area (Å²) in [4.78, 5) is 17.1. The van der Waals surface area contributed by atoms with Crippen molar-refractivity contribution in [2.45, 2.75) is 18.1 Å². The third-order valence-corrected chi connectivity index (χ3v) is 5.33. The molecule has 3 heterocycles. The lowest BCUT2D eigenvalue weighted by Crippen LogP contribution is -1.87. The van der Waals surface area contributed by atoms with Crippen molar-refractivity contribution in [1.82, 2.24) is 9.38 Å². The molecule has 92 valence electrons. The van der Waals surface area contributed by atoms with Crippen molar-refractivity contribution in [3.63, 3.8) is 0 Å². The summed E-state index contributed by atoms with van der Waals surface area (Å²) in [5.41, 5.74) is 3.97. The lowest BCUT2D eigenvalue weighted by Gasteiger charge is -1.98. The maximum atomic E-state index is 11.7. The highest BCUT2D eigenvalue weighted by molar-refractivity contribution is 8.00. The van der Waals surface area contributed by atoms with Gasteiger partial charge in [-0.25, -0.2) is 4.98 Å². The summed E-state index contributed by atoms with van der Waals surface area (Å²) in [7, 11) is 0. The van der Waals surface area contributed by atoms with Crippen molar-refractivity contribution < 1.29 is 4.79 Å². The summed E-state index contributed by atoms with van der Waals surface area (Å²) in [6, 6.07) is 4.05. The molecule has 0 atom stereocenters. The highest BCUT2D eigenvalue weighted by Gasteiger charge is 2.19. The molecule has 0 saturated carbocycles. The SMILES string of the molecule is CSc1sc(C(C)=O)c2nc3c(C)cccn3c12. The third kappa shape index (κ3) is 1.51. The van der Waals surface area contributed by atoms with Gasteiger partial charge in [-0.15, -0.1) is 23.1 Å². The van der Waals surface area contributed by atoms with E-state index >= 15 is 0 Å². The van der Waals surface area contributed by atoms with E-state index in [0.717, 1.165) is 31.3 Å². The number of Topliss-reactive ketones (excluding diaryl/α,β-unsaturated/α-hetero) is 1. The van der Waals surface area contributed by atoms with Crippen LogP contribution in [0.15, 0.2) is 22.5 Å². The van der Waals surface area contributed by atoms with E-state index in [-0.39, 0.29) is 5.78 Å². The van der Waals surface area contributed by atoms with Crippen LogP contribution in [0.25, 0.3) is 16.7 Å². The van der Waals surface area contributed by atoms with E-state index < -0.39 is 0 Å². The smallest absolute Gasteiger partial charge is 0.172 e. The fraction of sp³-hybridized carbons (Fsp3) is 0.231. The van der Waals surface area contributed by atoms with E-state index in [2.05, 4.69) is 9.38 Å². The van der Waals surface area contributed by atoms with Gasteiger partial charge in [-0.2, -0.15) is 0 Å². The third-order valence-electron chi connectivity index (χ3n) is 2.95. The Labute approximate surface area is 113 Å². The molecule has 0 saturated heterocycles. The maximum absolute atomic E-state index is 11.7. The first-order chi connectivity index (χ1) is 8.63. The van der Waals surface area contributed by atoms with Crippen molar-refractivity contribution in [3.05, 3.63) is 28.8 Å². The van der Waals surface area contributed by atoms with E-state index in [9.17, 15) is 4.79 Å². The fourth-order valence-electron chi connectivity index (χ4n) is 2.12. The number of carbonyl (C=O) groups excluding carboxylic acids is 1. The molecule has 0 radical (unpaired) electrons. The maximum Gasteiger partial charge on any atom is 0.172 e. The Morgan fingerprint density at radius 1 is 1.50 bits per heavy atom. The van der Waals surface area contributed by atoms with Crippen LogP contribution >= 0.6 is 23.1 Å². The number of aryl methyl sites for hydroxylation is 1. The number of rotatable bonds is 2. The molecular weight excluding hydrogens is 264 g/mol. The first-order valence-corrected chi connectivity index (χ1v) is 7.62. The van der Waals surface area contributed by atoms with Gasteiger partial charge in [0.15, 0.2) is 5.78 Å². The molecule has 0 amide bonds. The number of nitrogens with zero attached hydrogens (tertiary/aromatic N) is 2. The molecule has 18 heavy (non-hydrogen) atoms. The van der Waals surface area contributed by atoms with Crippen molar-refractivity contribution in [2.24, 2.45) is 0 Å². The Kier molecular flexibility index (Phi) is 2.68. The molecule has 0 unspecified atom stereocenters. The van der Waals surface area contributed by atoms with Crippen LogP contribution in [-0.4, -0.2) is 21.4 Å². The zero-order valence-electron chi connectivity index (χ0n) is 10.4. The fourth-order valence-corrected chi connectivity index (χ4v) is 3.96. The van der Waals surface area contributed by atoms with Crippen LogP contribution in [0.1, 0.15) is 22.2 Å². The monoisotopic (exact) mass is 276 g/mol. The number of hydrogen-bond acceptors (Lipinski definition) is 4. The number of imidazole rings is 1. The van der Waals surface area contributed by atoms with Crippen LogP contribution < -0.4 is 0 Å². The average Bonchev–Trinajstić information content (AvgIpc) is 2.86. The molecule has 0 spiro atoms. The van der Waals surface area contributed by atoms with Crippen LogP contribution in [0, 0.1) is 6.92 Å². The molecule has 0 N–H and O–H groups in total. The molecule has 0 aliphatic heterocycles. The van der Waals surface area contributed by atoms with Crippen LogP contribution in [0.4, 0.5) is 0 Å². The number of fused-ring (bicyclic) bond motifs is 3. The van der Waals surface area contributed by atoms with Crippen LogP contribution in [0.5, 0.6) is 0 Å². The number of carbonyl (C=O) groups is 1. The van der Waals surface area contributed by atoms with Crippen molar-refractivity contribution in [3.8, 4) is 0 Å². The number of thiophene rings is 1. The second kappa shape index (κ2) is 4.10. The molecule has 0 aliphatic carbocycles.